The Morgan fingerprint density at radius 1 is 1.00 bits per heavy atom. The Hall–Kier alpha value is -3.33. The van der Waals surface area contributed by atoms with E-state index in [2.05, 4.69) is 27.0 Å². The quantitative estimate of drug-likeness (QED) is 0.410. The number of unbranched alkanes of at least 4 members (excludes halogenated alkanes) is 2. The number of halogens is 2. The second-order valence-electron chi connectivity index (χ2n) is 11.3. The van der Waals surface area contributed by atoms with E-state index in [1.807, 2.05) is 32.9 Å². The first-order valence-electron chi connectivity index (χ1n) is 13.8. The third-order valence-corrected chi connectivity index (χ3v) is 6.96. The SMILES string of the molecule is CCCCCN1CCCN(c2ccc3nc(-c4ccc(F)c(F)c4)n(CC(=O)NC(C)(C)C)c(=O)c3c2)CC1. The third kappa shape index (κ3) is 7.20. The number of benzene rings is 2. The van der Waals surface area contributed by atoms with Crippen molar-refractivity contribution in [3.63, 3.8) is 0 Å². The average Bonchev–Trinajstić information content (AvgIpc) is 3.12. The Labute approximate surface area is 228 Å². The molecule has 1 fully saturated rings. The van der Waals surface area contributed by atoms with Crippen molar-refractivity contribution in [2.75, 3.05) is 37.6 Å². The molecule has 0 unspecified atom stereocenters. The van der Waals surface area contributed by atoms with Gasteiger partial charge in [-0.25, -0.2) is 13.8 Å². The molecule has 0 aliphatic carbocycles. The summed E-state index contributed by atoms with van der Waals surface area (Å²) in [5.41, 5.74) is 0.685. The summed E-state index contributed by atoms with van der Waals surface area (Å²) >= 11 is 0. The molecule has 0 atom stereocenters. The minimum atomic E-state index is -1.05. The fourth-order valence-corrected chi connectivity index (χ4v) is 5.05. The van der Waals surface area contributed by atoms with Gasteiger partial charge in [0.15, 0.2) is 11.6 Å². The molecule has 0 radical (unpaired) electrons. The van der Waals surface area contributed by atoms with E-state index >= 15 is 0 Å². The van der Waals surface area contributed by atoms with Crippen LogP contribution in [0, 0.1) is 11.6 Å². The molecule has 0 bridgehead atoms. The van der Waals surface area contributed by atoms with Crippen LogP contribution in [0.5, 0.6) is 0 Å². The maximum atomic E-state index is 14.1. The predicted octanol–water partition coefficient (Wildman–Crippen LogP) is 4.96. The summed E-state index contributed by atoms with van der Waals surface area (Å²) in [6.07, 6.45) is 4.69. The highest BCUT2D eigenvalue weighted by Gasteiger charge is 2.21. The van der Waals surface area contributed by atoms with E-state index in [1.54, 1.807) is 6.07 Å². The first kappa shape index (κ1) is 28.7. The molecule has 1 saturated heterocycles. The Balaban J connectivity index is 1.71. The lowest BCUT2D eigenvalue weighted by atomic mass is 10.1. The van der Waals surface area contributed by atoms with Crippen molar-refractivity contribution in [1.29, 1.82) is 0 Å². The van der Waals surface area contributed by atoms with E-state index in [4.69, 9.17) is 0 Å². The molecule has 0 saturated carbocycles. The normalized spacial score (nSPS) is 15.0. The third-order valence-electron chi connectivity index (χ3n) is 6.96. The molecule has 1 aliphatic rings. The van der Waals surface area contributed by atoms with Gasteiger partial charge in [0, 0.05) is 36.4 Å². The van der Waals surface area contributed by atoms with Gasteiger partial charge in [-0.15, -0.1) is 0 Å². The molecular formula is C30H39F2N5O2. The molecule has 1 amide bonds. The smallest absolute Gasteiger partial charge is 0.262 e. The number of hydrogen-bond donors (Lipinski definition) is 1. The highest BCUT2D eigenvalue weighted by Crippen LogP contribution is 2.25. The van der Waals surface area contributed by atoms with Gasteiger partial charge < -0.3 is 15.1 Å². The molecule has 1 N–H and O–H groups in total. The Kier molecular flexibility index (Phi) is 9.00. The minimum absolute atomic E-state index is 0.112. The lowest BCUT2D eigenvalue weighted by Gasteiger charge is -2.24. The first-order chi connectivity index (χ1) is 18.6. The predicted molar refractivity (Wildman–Crippen MR) is 152 cm³/mol. The Bertz CT molecular complexity index is 1380. The van der Waals surface area contributed by atoms with Gasteiger partial charge in [0.1, 0.15) is 12.4 Å². The fourth-order valence-electron chi connectivity index (χ4n) is 5.05. The largest absolute Gasteiger partial charge is 0.370 e. The van der Waals surface area contributed by atoms with Gasteiger partial charge in [-0.1, -0.05) is 19.8 Å². The highest BCUT2D eigenvalue weighted by molar-refractivity contribution is 5.84. The van der Waals surface area contributed by atoms with E-state index in [1.165, 1.54) is 29.9 Å². The summed E-state index contributed by atoms with van der Waals surface area (Å²) in [5, 5.41) is 3.24. The van der Waals surface area contributed by atoms with Crippen LogP contribution in [0.3, 0.4) is 0 Å². The van der Waals surface area contributed by atoms with Crippen LogP contribution in [0.4, 0.5) is 14.5 Å². The number of nitrogens with one attached hydrogen (secondary N) is 1. The molecule has 4 rings (SSSR count). The standard InChI is InChI=1S/C30H39F2N5O2/c1-5-6-7-13-35-14-8-15-36(17-16-35)22-10-12-26-23(19-22)29(39)37(20-27(38)34-30(2,3)4)28(33-26)21-9-11-24(31)25(32)18-21/h9-12,18-19H,5-8,13-17,20H2,1-4H3,(H,34,38). The van der Waals surface area contributed by atoms with E-state index in [9.17, 15) is 18.4 Å². The highest BCUT2D eigenvalue weighted by atomic mass is 19.2. The van der Waals surface area contributed by atoms with Crippen LogP contribution >= 0.6 is 0 Å². The van der Waals surface area contributed by atoms with Gasteiger partial charge in [0.2, 0.25) is 5.91 Å². The van der Waals surface area contributed by atoms with Crippen molar-refractivity contribution in [3.8, 4) is 11.4 Å². The van der Waals surface area contributed by atoms with E-state index in [-0.39, 0.29) is 23.8 Å². The van der Waals surface area contributed by atoms with Crippen LogP contribution < -0.4 is 15.8 Å². The van der Waals surface area contributed by atoms with E-state index < -0.39 is 22.7 Å². The molecule has 2 aromatic carbocycles. The number of fused-ring (bicyclic) bond motifs is 1. The summed E-state index contributed by atoms with van der Waals surface area (Å²) in [7, 11) is 0. The van der Waals surface area contributed by atoms with Crippen molar-refractivity contribution in [2.24, 2.45) is 0 Å². The lowest BCUT2D eigenvalue weighted by molar-refractivity contribution is -0.123. The first-order valence-corrected chi connectivity index (χ1v) is 13.8. The number of anilines is 1. The molecule has 0 spiro atoms. The molecule has 2 heterocycles. The van der Waals surface area contributed by atoms with Gasteiger partial charge in [0.25, 0.3) is 5.56 Å². The molecule has 9 heteroatoms. The summed E-state index contributed by atoms with van der Waals surface area (Å²) in [6.45, 7) is 12.3. The number of aromatic nitrogens is 2. The number of rotatable bonds is 8. The van der Waals surface area contributed by atoms with Crippen molar-refractivity contribution >= 4 is 22.5 Å². The van der Waals surface area contributed by atoms with Crippen LogP contribution in [0.1, 0.15) is 53.4 Å². The van der Waals surface area contributed by atoms with Crippen molar-refractivity contribution in [1.82, 2.24) is 19.8 Å². The zero-order valence-electron chi connectivity index (χ0n) is 23.4. The van der Waals surface area contributed by atoms with Crippen LogP contribution in [0.25, 0.3) is 22.3 Å². The molecule has 210 valence electrons. The van der Waals surface area contributed by atoms with Crippen molar-refractivity contribution < 1.29 is 13.6 Å². The minimum Gasteiger partial charge on any atom is -0.370 e. The zero-order chi connectivity index (χ0) is 28.2. The Morgan fingerprint density at radius 2 is 1.79 bits per heavy atom. The molecule has 39 heavy (non-hydrogen) atoms. The second kappa shape index (κ2) is 12.2. The molecule has 1 aliphatic heterocycles. The summed E-state index contributed by atoms with van der Waals surface area (Å²) in [4.78, 5) is 36.1. The van der Waals surface area contributed by atoms with Gasteiger partial charge >= 0.3 is 0 Å². The summed E-state index contributed by atoms with van der Waals surface area (Å²) in [6, 6.07) is 8.94. The van der Waals surface area contributed by atoms with Crippen LogP contribution in [-0.2, 0) is 11.3 Å². The van der Waals surface area contributed by atoms with Crippen LogP contribution in [0.2, 0.25) is 0 Å². The number of nitrogens with zero attached hydrogens (tertiary/aromatic N) is 4. The Morgan fingerprint density at radius 3 is 2.51 bits per heavy atom. The van der Waals surface area contributed by atoms with Crippen LogP contribution in [0.15, 0.2) is 41.2 Å². The monoisotopic (exact) mass is 539 g/mol. The molecule has 3 aromatic rings. The van der Waals surface area contributed by atoms with E-state index in [0.29, 0.717) is 10.9 Å². The lowest BCUT2D eigenvalue weighted by Crippen LogP contribution is -2.43. The summed E-state index contributed by atoms with van der Waals surface area (Å²) in [5.74, 6) is -2.31. The van der Waals surface area contributed by atoms with Crippen molar-refractivity contribution in [2.45, 2.75) is 65.5 Å². The molecule has 1 aromatic heterocycles. The number of hydrogen-bond acceptors (Lipinski definition) is 5. The van der Waals surface area contributed by atoms with E-state index in [0.717, 1.165) is 57.0 Å². The van der Waals surface area contributed by atoms with Gasteiger partial charge in [-0.3, -0.25) is 14.2 Å². The fraction of sp³-hybridized carbons (Fsp3) is 0.500. The average molecular weight is 540 g/mol. The van der Waals surface area contributed by atoms with Crippen molar-refractivity contribution in [3.05, 3.63) is 58.4 Å². The summed E-state index contributed by atoms with van der Waals surface area (Å²) < 4.78 is 29.0. The van der Waals surface area contributed by atoms with Crippen LogP contribution in [-0.4, -0.2) is 58.6 Å². The topological polar surface area (TPSA) is 70.5 Å². The van der Waals surface area contributed by atoms with Gasteiger partial charge in [0.05, 0.1) is 10.9 Å². The molecule has 7 nitrogen and oxygen atoms in total. The second-order valence-corrected chi connectivity index (χ2v) is 11.3. The van der Waals surface area contributed by atoms with Gasteiger partial charge in [-0.2, -0.15) is 0 Å². The van der Waals surface area contributed by atoms with Gasteiger partial charge in [-0.05, 0) is 83.1 Å². The number of amides is 1. The molecular weight excluding hydrogens is 500 g/mol. The number of carbonyl (C=O) groups is 1. The number of carbonyl (C=O) groups excluding carboxylic acids is 1. The maximum Gasteiger partial charge on any atom is 0.262 e. The maximum absolute atomic E-state index is 14.1. The zero-order valence-corrected chi connectivity index (χ0v) is 23.4.